The highest BCUT2D eigenvalue weighted by molar-refractivity contribution is 4.66. The van der Waals surface area contributed by atoms with Gasteiger partial charge in [-0.2, -0.15) is 0 Å². The van der Waals surface area contributed by atoms with E-state index in [1.807, 2.05) is 0 Å². The zero-order chi connectivity index (χ0) is 17.8. The molecule has 1 aliphatic heterocycles. The van der Waals surface area contributed by atoms with Crippen molar-refractivity contribution < 1.29 is 19.2 Å². The van der Waals surface area contributed by atoms with Gasteiger partial charge in [-0.3, -0.25) is 0 Å². The Morgan fingerprint density at radius 3 is 1.64 bits per heavy atom. The number of ether oxygens (including phenoxy) is 2. The fraction of sp³-hybridized carbons (Fsp3) is 1.00. The second-order valence-electron chi connectivity index (χ2n) is 7.27. The molecule has 25 heavy (non-hydrogen) atoms. The molecule has 0 aromatic carbocycles. The van der Waals surface area contributed by atoms with Crippen molar-refractivity contribution in [1.29, 1.82) is 0 Å². The standard InChI is InChI=1S/C21H42O4/c1-2-3-4-5-6-7-8-9-10-11-12-13-14-15-16-24-25-18-17-22-19-21-20-23-21/h21H,2-20H2,1H3. The smallest absolute Gasteiger partial charge is 0.106 e. The Kier molecular flexibility index (Phi) is 17.0. The van der Waals surface area contributed by atoms with Crippen molar-refractivity contribution in [2.75, 3.05) is 33.0 Å². The number of epoxide rings is 1. The van der Waals surface area contributed by atoms with Crippen molar-refractivity contribution >= 4 is 0 Å². The number of rotatable bonds is 21. The van der Waals surface area contributed by atoms with Gasteiger partial charge in [-0.25, -0.2) is 9.78 Å². The maximum atomic E-state index is 5.36. The minimum atomic E-state index is 0.330. The molecule has 1 rings (SSSR count). The van der Waals surface area contributed by atoms with Gasteiger partial charge in [-0.05, 0) is 6.42 Å². The molecule has 0 radical (unpaired) electrons. The molecule has 4 heteroatoms. The molecular formula is C21H42O4. The summed E-state index contributed by atoms with van der Waals surface area (Å²) in [6, 6.07) is 0. The maximum absolute atomic E-state index is 5.36. The minimum absolute atomic E-state index is 0.330. The summed E-state index contributed by atoms with van der Waals surface area (Å²) in [7, 11) is 0. The molecule has 0 amide bonds. The van der Waals surface area contributed by atoms with Gasteiger partial charge in [0.1, 0.15) is 12.7 Å². The molecule has 150 valence electrons. The van der Waals surface area contributed by atoms with Crippen LogP contribution in [0, 0.1) is 0 Å². The van der Waals surface area contributed by atoms with Crippen LogP contribution < -0.4 is 0 Å². The van der Waals surface area contributed by atoms with Crippen LogP contribution >= 0.6 is 0 Å². The summed E-state index contributed by atoms with van der Waals surface area (Å²) in [5.74, 6) is 0. The molecule has 0 aromatic heterocycles. The van der Waals surface area contributed by atoms with E-state index in [0.717, 1.165) is 13.0 Å². The second-order valence-corrected chi connectivity index (χ2v) is 7.27. The first-order valence-electron chi connectivity index (χ1n) is 10.9. The first kappa shape index (κ1) is 22.9. The van der Waals surface area contributed by atoms with Gasteiger partial charge in [0.25, 0.3) is 0 Å². The molecular weight excluding hydrogens is 316 g/mol. The van der Waals surface area contributed by atoms with Crippen LogP contribution in [0.1, 0.15) is 96.8 Å². The van der Waals surface area contributed by atoms with Crippen molar-refractivity contribution in [1.82, 2.24) is 0 Å². The van der Waals surface area contributed by atoms with Crippen LogP contribution in [0.2, 0.25) is 0 Å². The Hall–Kier alpha value is -0.160. The number of unbranched alkanes of at least 4 members (excludes halogenated alkanes) is 13. The highest BCUT2D eigenvalue weighted by atomic mass is 17.2. The lowest BCUT2D eigenvalue weighted by Crippen LogP contribution is -2.09. The van der Waals surface area contributed by atoms with E-state index >= 15 is 0 Å². The third-order valence-corrected chi connectivity index (χ3v) is 4.68. The SMILES string of the molecule is CCCCCCCCCCCCCCCCOOCCOCC1CO1. The molecule has 1 heterocycles. The van der Waals surface area contributed by atoms with E-state index in [2.05, 4.69) is 6.92 Å². The predicted molar refractivity (Wildman–Crippen MR) is 103 cm³/mol. The molecule has 0 aliphatic carbocycles. The van der Waals surface area contributed by atoms with Crippen molar-refractivity contribution in [3.63, 3.8) is 0 Å². The van der Waals surface area contributed by atoms with Gasteiger partial charge in [-0.1, -0.05) is 90.4 Å². The van der Waals surface area contributed by atoms with Gasteiger partial charge in [0.15, 0.2) is 0 Å². The van der Waals surface area contributed by atoms with Crippen LogP contribution in [0.4, 0.5) is 0 Å². The average Bonchev–Trinajstić information content (AvgIpc) is 3.44. The van der Waals surface area contributed by atoms with Crippen molar-refractivity contribution in [2.24, 2.45) is 0 Å². The van der Waals surface area contributed by atoms with Crippen LogP contribution in [0.15, 0.2) is 0 Å². The molecule has 1 atom stereocenters. The molecule has 0 aromatic rings. The predicted octanol–water partition coefficient (Wildman–Crippen LogP) is 5.83. The molecule has 0 spiro atoms. The quantitative estimate of drug-likeness (QED) is 0.112. The van der Waals surface area contributed by atoms with Gasteiger partial charge in [0.2, 0.25) is 0 Å². The van der Waals surface area contributed by atoms with Crippen LogP contribution in [0.3, 0.4) is 0 Å². The summed E-state index contributed by atoms with van der Waals surface area (Å²) < 4.78 is 10.4. The second kappa shape index (κ2) is 18.6. The summed E-state index contributed by atoms with van der Waals surface area (Å²) in [6.07, 6.45) is 19.6. The molecule has 1 saturated heterocycles. The first-order valence-corrected chi connectivity index (χ1v) is 10.9. The summed E-state index contributed by atoms with van der Waals surface area (Å²) in [6.45, 7) is 5.59. The van der Waals surface area contributed by atoms with Gasteiger partial charge in [0, 0.05) is 0 Å². The third kappa shape index (κ3) is 18.4. The molecule has 0 saturated carbocycles. The Morgan fingerprint density at radius 2 is 1.12 bits per heavy atom. The van der Waals surface area contributed by atoms with E-state index in [1.54, 1.807) is 0 Å². The fourth-order valence-corrected chi connectivity index (χ4v) is 2.95. The first-order chi connectivity index (χ1) is 12.4. The zero-order valence-electron chi connectivity index (χ0n) is 16.6. The largest absolute Gasteiger partial charge is 0.376 e. The lowest BCUT2D eigenvalue weighted by molar-refractivity contribution is -0.299. The van der Waals surface area contributed by atoms with Gasteiger partial charge >= 0.3 is 0 Å². The average molecular weight is 359 g/mol. The van der Waals surface area contributed by atoms with Gasteiger partial charge in [-0.15, -0.1) is 0 Å². The monoisotopic (exact) mass is 358 g/mol. The minimum Gasteiger partial charge on any atom is -0.376 e. The molecule has 1 aliphatic rings. The molecule has 4 nitrogen and oxygen atoms in total. The van der Waals surface area contributed by atoms with E-state index in [9.17, 15) is 0 Å². The van der Waals surface area contributed by atoms with Crippen LogP contribution in [0.5, 0.6) is 0 Å². The van der Waals surface area contributed by atoms with E-state index < -0.39 is 0 Å². The van der Waals surface area contributed by atoms with Crippen molar-refractivity contribution in [3.05, 3.63) is 0 Å². The topological polar surface area (TPSA) is 40.2 Å². The Balaban J connectivity index is 1.59. The van der Waals surface area contributed by atoms with Crippen LogP contribution in [-0.4, -0.2) is 39.1 Å². The lowest BCUT2D eigenvalue weighted by Gasteiger charge is -2.05. The van der Waals surface area contributed by atoms with Crippen LogP contribution in [0.25, 0.3) is 0 Å². The molecule has 1 fully saturated rings. The van der Waals surface area contributed by atoms with Gasteiger partial charge in [0.05, 0.1) is 26.4 Å². The molecule has 1 unspecified atom stereocenters. The zero-order valence-corrected chi connectivity index (χ0v) is 16.6. The number of hydrogen-bond donors (Lipinski definition) is 0. The summed E-state index contributed by atoms with van der Waals surface area (Å²) in [4.78, 5) is 10.2. The Morgan fingerprint density at radius 1 is 0.640 bits per heavy atom. The van der Waals surface area contributed by atoms with E-state index in [0.29, 0.717) is 32.5 Å². The summed E-state index contributed by atoms with van der Waals surface area (Å²) in [5.41, 5.74) is 0. The maximum Gasteiger partial charge on any atom is 0.106 e. The van der Waals surface area contributed by atoms with E-state index in [-0.39, 0.29) is 0 Å². The van der Waals surface area contributed by atoms with E-state index in [4.69, 9.17) is 19.2 Å². The lowest BCUT2D eigenvalue weighted by atomic mass is 10.0. The van der Waals surface area contributed by atoms with Crippen molar-refractivity contribution in [2.45, 2.75) is 103 Å². The van der Waals surface area contributed by atoms with E-state index in [1.165, 1.54) is 83.5 Å². The Bertz CT molecular complexity index is 256. The fourth-order valence-electron chi connectivity index (χ4n) is 2.95. The highest BCUT2D eigenvalue weighted by Crippen LogP contribution is 2.13. The Labute approximate surface area is 155 Å². The summed E-state index contributed by atoms with van der Waals surface area (Å²) in [5, 5.41) is 0. The third-order valence-electron chi connectivity index (χ3n) is 4.68. The molecule has 0 N–H and O–H groups in total. The number of hydrogen-bond acceptors (Lipinski definition) is 4. The molecule has 0 bridgehead atoms. The summed E-state index contributed by atoms with van der Waals surface area (Å²) >= 11 is 0. The van der Waals surface area contributed by atoms with Crippen LogP contribution in [-0.2, 0) is 19.2 Å². The van der Waals surface area contributed by atoms with Gasteiger partial charge < -0.3 is 9.47 Å². The normalized spacial score (nSPS) is 16.4. The van der Waals surface area contributed by atoms with Crippen molar-refractivity contribution in [3.8, 4) is 0 Å². The highest BCUT2D eigenvalue weighted by Gasteiger charge is 2.21.